The molecule has 5 heteroatoms. The van der Waals surface area contributed by atoms with Crippen molar-refractivity contribution >= 4 is 5.82 Å². The number of likely N-dealkylation sites (N-methyl/N-ethyl adjacent to an activating group) is 1. The average molecular weight is 304 g/mol. The predicted molar refractivity (Wildman–Crippen MR) is 89.2 cm³/mol. The van der Waals surface area contributed by atoms with Gasteiger partial charge in [-0.05, 0) is 44.0 Å². The van der Waals surface area contributed by atoms with Gasteiger partial charge in [0.2, 0.25) is 0 Å². The first-order valence-corrected chi connectivity index (χ1v) is 8.41. The van der Waals surface area contributed by atoms with Crippen molar-refractivity contribution in [1.82, 2.24) is 14.8 Å². The Morgan fingerprint density at radius 1 is 1.14 bits per heavy atom. The van der Waals surface area contributed by atoms with E-state index in [0.29, 0.717) is 0 Å². The van der Waals surface area contributed by atoms with Gasteiger partial charge in [-0.15, -0.1) is 0 Å². The van der Waals surface area contributed by atoms with Gasteiger partial charge in [-0.3, -0.25) is 4.90 Å². The van der Waals surface area contributed by atoms with Crippen LogP contribution in [0.4, 0.5) is 5.82 Å². The maximum Gasteiger partial charge on any atom is 0.131 e. The molecule has 5 nitrogen and oxygen atoms in total. The molecule has 122 valence electrons. The van der Waals surface area contributed by atoms with Crippen molar-refractivity contribution in [1.29, 1.82) is 0 Å². The number of hydrogen-bond acceptors (Lipinski definition) is 5. The molecular weight excluding hydrogens is 276 g/mol. The van der Waals surface area contributed by atoms with Crippen LogP contribution in [0.15, 0.2) is 12.3 Å². The molecule has 0 unspecified atom stereocenters. The molecule has 2 saturated heterocycles. The molecule has 1 N–H and O–H groups in total. The molecule has 0 spiro atoms. The second kappa shape index (κ2) is 6.94. The fourth-order valence-electron chi connectivity index (χ4n) is 3.67. The van der Waals surface area contributed by atoms with E-state index in [4.69, 9.17) is 0 Å². The Hall–Kier alpha value is -1.17. The maximum absolute atomic E-state index is 9.20. The van der Waals surface area contributed by atoms with Gasteiger partial charge in [0.25, 0.3) is 0 Å². The molecule has 3 heterocycles. The van der Waals surface area contributed by atoms with Crippen LogP contribution in [-0.4, -0.2) is 72.2 Å². The summed E-state index contributed by atoms with van der Waals surface area (Å²) in [5, 5.41) is 9.20. The second-order valence-corrected chi connectivity index (χ2v) is 6.70. The zero-order valence-corrected chi connectivity index (χ0v) is 13.8. The van der Waals surface area contributed by atoms with Crippen LogP contribution < -0.4 is 4.90 Å². The van der Waals surface area contributed by atoms with Crippen LogP contribution in [0.3, 0.4) is 0 Å². The zero-order valence-electron chi connectivity index (χ0n) is 13.8. The molecule has 2 aliphatic rings. The third kappa shape index (κ3) is 3.42. The number of piperazine rings is 1. The van der Waals surface area contributed by atoms with Gasteiger partial charge in [-0.1, -0.05) is 0 Å². The van der Waals surface area contributed by atoms with E-state index in [1.54, 1.807) is 6.20 Å². The molecule has 0 amide bonds. The fourth-order valence-corrected chi connectivity index (χ4v) is 3.67. The van der Waals surface area contributed by atoms with Gasteiger partial charge < -0.3 is 14.9 Å². The molecule has 0 aliphatic carbocycles. The topological polar surface area (TPSA) is 42.8 Å². The van der Waals surface area contributed by atoms with Crippen molar-refractivity contribution in [3.63, 3.8) is 0 Å². The second-order valence-electron chi connectivity index (χ2n) is 6.70. The predicted octanol–water partition coefficient (Wildman–Crippen LogP) is 1.10. The highest BCUT2D eigenvalue weighted by molar-refractivity contribution is 5.47. The molecule has 2 fully saturated rings. The molecule has 0 radical (unpaired) electrons. The number of aliphatic hydroxyl groups is 1. The Kier molecular flexibility index (Phi) is 4.96. The van der Waals surface area contributed by atoms with Crippen LogP contribution in [0, 0.1) is 6.92 Å². The van der Waals surface area contributed by atoms with Gasteiger partial charge in [0.1, 0.15) is 5.82 Å². The number of aryl methyl sites for hydroxylation is 1. The summed E-state index contributed by atoms with van der Waals surface area (Å²) in [6.45, 7) is 9.15. The average Bonchev–Trinajstić information content (AvgIpc) is 2.56. The highest BCUT2D eigenvalue weighted by Crippen LogP contribution is 2.24. The summed E-state index contributed by atoms with van der Waals surface area (Å²) in [6.07, 6.45) is 4.26. The summed E-state index contributed by atoms with van der Waals surface area (Å²) in [7, 11) is 2.21. The summed E-state index contributed by atoms with van der Waals surface area (Å²) in [4.78, 5) is 12.1. The molecule has 22 heavy (non-hydrogen) atoms. The van der Waals surface area contributed by atoms with E-state index in [2.05, 4.69) is 39.7 Å². The molecule has 0 atom stereocenters. The standard InChI is InChI=1S/C17H28N4O/c1-14-11-15(13-22)12-18-17(14)21-5-3-16(4-6-21)20-9-7-19(2)8-10-20/h11-12,16,22H,3-10,13H2,1-2H3. The summed E-state index contributed by atoms with van der Waals surface area (Å²) in [6, 6.07) is 2.79. The first-order valence-electron chi connectivity index (χ1n) is 8.41. The van der Waals surface area contributed by atoms with Crippen LogP contribution in [0.1, 0.15) is 24.0 Å². The van der Waals surface area contributed by atoms with Crippen LogP contribution in [0.2, 0.25) is 0 Å². The zero-order chi connectivity index (χ0) is 15.5. The molecule has 0 bridgehead atoms. The Morgan fingerprint density at radius 3 is 2.41 bits per heavy atom. The first kappa shape index (κ1) is 15.7. The van der Waals surface area contributed by atoms with Gasteiger partial charge in [0.05, 0.1) is 6.61 Å². The number of hydrogen-bond donors (Lipinski definition) is 1. The van der Waals surface area contributed by atoms with Crippen LogP contribution in [0.25, 0.3) is 0 Å². The van der Waals surface area contributed by atoms with Crippen molar-refractivity contribution in [2.75, 3.05) is 51.2 Å². The van der Waals surface area contributed by atoms with Crippen molar-refractivity contribution in [3.8, 4) is 0 Å². The van der Waals surface area contributed by atoms with Crippen molar-refractivity contribution in [3.05, 3.63) is 23.4 Å². The van der Waals surface area contributed by atoms with Gasteiger partial charge in [0, 0.05) is 51.5 Å². The largest absolute Gasteiger partial charge is 0.392 e. The van der Waals surface area contributed by atoms with E-state index in [0.717, 1.165) is 30.5 Å². The lowest BCUT2D eigenvalue weighted by molar-refractivity contribution is 0.0981. The highest BCUT2D eigenvalue weighted by atomic mass is 16.3. The van der Waals surface area contributed by atoms with Crippen molar-refractivity contribution in [2.24, 2.45) is 0 Å². The Balaban J connectivity index is 1.57. The number of aromatic nitrogens is 1. The lowest BCUT2D eigenvalue weighted by Gasteiger charge is -2.42. The number of rotatable bonds is 3. The highest BCUT2D eigenvalue weighted by Gasteiger charge is 2.27. The summed E-state index contributed by atoms with van der Waals surface area (Å²) < 4.78 is 0. The van der Waals surface area contributed by atoms with Gasteiger partial charge in [-0.2, -0.15) is 0 Å². The first-order chi connectivity index (χ1) is 10.7. The molecule has 0 saturated carbocycles. The molecule has 1 aromatic heterocycles. The third-order valence-electron chi connectivity index (χ3n) is 5.11. The van der Waals surface area contributed by atoms with Gasteiger partial charge in [-0.25, -0.2) is 4.98 Å². The minimum absolute atomic E-state index is 0.0690. The van der Waals surface area contributed by atoms with Gasteiger partial charge in [0.15, 0.2) is 0 Å². The minimum atomic E-state index is 0.0690. The van der Waals surface area contributed by atoms with E-state index in [-0.39, 0.29) is 6.61 Å². The number of piperidine rings is 1. The number of nitrogens with zero attached hydrogens (tertiary/aromatic N) is 4. The Bertz CT molecular complexity index is 491. The SMILES string of the molecule is Cc1cc(CO)cnc1N1CCC(N2CCN(C)CC2)CC1. The molecule has 2 aliphatic heterocycles. The van der Waals surface area contributed by atoms with Crippen LogP contribution in [-0.2, 0) is 6.61 Å². The lowest BCUT2D eigenvalue weighted by Crippen LogP contribution is -2.52. The summed E-state index contributed by atoms with van der Waals surface area (Å²) in [5.74, 6) is 1.09. The third-order valence-corrected chi connectivity index (χ3v) is 5.11. The monoisotopic (exact) mass is 304 g/mol. The molecular formula is C17H28N4O. The smallest absolute Gasteiger partial charge is 0.131 e. The van der Waals surface area contributed by atoms with E-state index < -0.39 is 0 Å². The maximum atomic E-state index is 9.20. The normalized spacial score (nSPS) is 22.2. The van der Waals surface area contributed by atoms with E-state index >= 15 is 0 Å². The summed E-state index contributed by atoms with van der Waals surface area (Å²) >= 11 is 0. The van der Waals surface area contributed by atoms with E-state index in [9.17, 15) is 5.11 Å². The van der Waals surface area contributed by atoms with E-state index in [1.807, 2.05) is 0 Å². The van der Waals surface area contributed by atoms with Crippen molar-refractivity contribution < 1.29 is 5.11 Å². The molecule has 0 aromatic carbocycles. The van der Waals surface area contributed by atoms with Gasteiger partial charge >= 0.3 is 0 Å². The Morgan fingerprint density at radius 2 is 1.82 bits per heavy atom. The quantitative estimate of drug-likeness (QED) is 0.906. The number of pyridine rings is 1. The summed E-state index contributed by atoms with van der Waals surface area (Å²) in [5.41, 5.74) is 2.07. The van der Waals surface area contributed by atoms with Crippen LogP contribution >= 0.6 is 0 Å². The fraction of sp³-hybridized carbons (Fsp3) is 0.706. The lowest BCUT2D eigenvalue weighted by atomic mass is 10.0. The van der Waals surface area contributed by atoms with E-state index in [1.165, 1.54) is 44.6 Å². The Labute approximate surface area is 133 Å². The number of anilines is 1. The number of aliphatic hydroxyl groups excluding tert-OH is 1. The van der Waals surface area contributed by atoms with Crippen LogP contribution in [0.5, 0.6) is 0 Å². The molecule has 3 rings (SSSR count). The minimum Gasteiger partial charge on any atom is -0.392 e. The molecule has 1 aromatic rings. The van der Waals surface area contributed by atoms with Crippen molar-refractivity contribution in [2.45, 2.75) is 32.4 Å².